The Bertz CT molecular complexity index is 958. The normalized spacial score (nSPS) is 14.4. The van der Waals surface area contributed by atoms with E-state index in [2.05, 4.69) is 39.2 Å². The maximum absolute atomic E-state index is 12.7. The molecular weight excluding hydrogens is 350 g/mol. The highest BCUT2D eigenvalue weighted by molar-refractivity contribution is 5.79. The van der Waals surface area contributed by atoms with Gasteiger partial charge in [0, 0.05) is 55.5 Å². The second kappa shape index (κ2) is 7.84. The number of rotatable bonds is 4. The zero-order chi connectivity index (χ0) is 19.5. The fourth-order valence-electron chi connectivity index (χ4n) is 3.78. The van der Waals surface area contributed by atoms with Gasteiger partial charge in [0.2, 0.25) is 5.91 Å². The van der Waals surface area contributed by atoms with Crippen LogP contribution in [0.5, 0.6) is 0 Å². The molecule has 0 aliphatic carbocycles. The van der Waals surface area contributed by atoms with Gasteiger partial charge in [0.1, 0.15) is 6.54 Å². The molecule has 1 aromatic carbocycles. The summed E-state index contributed by atoms with van der Waals surface area (Å²) in [5.74, 6) is 0.133. The Morgan fingerprint density at radius 3 is 2.39 bits per heavy atom. The number of hydrogen-bond donors (Lipinski definition) is 0. The maximum Gasteiger partial charge on any atom is 0.244 e. The van der Waals surface area contributed by atoms with Crippen molar-refractivity contribution in [3.05, 3.63) is 66.2 Å². The molecule has 28 heavy (non-hydrogen) atoms. The quantitative estimate of drug-likeness (QED) is 0.704. The second-order valence-corrected chi connectivity index (χ2v) is 7.21. The Hall–Kier alpha value is -3.15. The van der Waals surface area contributed by atoms with Crippen LogP contribution in [0.25, 0.3) is 11.1 Å². The summed E-state index contributed by atoms with van der Waals surface area (Å²) in [5.41, 5.74) is 5.54. The zero-order valence-electron chi connectivity index (χ0n) is 16.4. The molecule has 0 bridgehead atoms. The summed E-state index contributed by atoms with van der Waals surface area (Å²) in [6.07, 6.45) is 3.64. The van der Waals surface area contributed by atoms with Crippen LogP contribution in [0.1, 0.15) is 11.4 Å². The molecule has 1 saturated heterocycles. The van der Waals surface area contributed by atoms with Crippen LogP contribution in [0.3, 0.4) is 0 Å². The van der Waals surface area contributed by atoms with Crippen LogP contribution in [0.15, 0.2) is 54.9 Å². The average Bonchev–Trinajstić information content (AvgIpc) is 3.05. The van der Waals surface area contributed by atoms with Gasteiger partial charge >= 0.3 is 0 Å². The van der Waals surface area contributed by atoms with E-state index in [1.807, 2.05) is 49.3 Å². The number of carbonyl (C=O) groups excluding carboxylic acids is 1. The molecule has 0 N–H and O–H groups in total. The fourth-order valence-corrected chi connectivity index (χ4v) is 3.78. The molecule has 0 spiro atoms. The monoisotopic (exact) mass is 375 g/mol. The van der Waals surface area contributed by atoms with Crippen LogP contribution in [0, 0.1) is 13.8 Å². The van der Waals surface area contributed by atoms with Crippen LogP contribution in [-0.2, 0) is 11.3 Å². The summed E-state index contributed by atoms with van der Waals surface area (Å²) in [7, 11) is 0. The minimum Gasteiger partial charge on any atom is -0.367 e. The van der Waals surface area contributed by atoms with E-state index in [0.29, 0.717) is 6.54 Å². The number of aryl methyl sites for hydroxylation is 2. The molecule has 1 fully saturated rings. The molecule has 0 saturated carbocycles. The highest BCUT2D eigenvalue weighted by atomic mass is 16.2. The van der Waals surface area contributed by atoms with E-state index < -0.39 is 0 Å². The molecule has 6 nitrogen and oxygen atoms in total. The lowest BCUT2D eigenvalue weighted by Crippen LogP contribution is -2.49. The number of amides is 1. The Balaban J connectivity index is 1.44. The fraction of sp³-hybridized carbons (Fsp3) is 0.318. The van der Waals surface area contributed by atoms with Crippen LogP contribution in [-0.4, -0.2) is 51.8 Å². The minimum atomic E-state index is 0.133. The Morgan fingerprint density at radius 2 is 1.71 bits per heavy atom. The molecule has 1 amide bonds. The predicted octanol–water partition coefficient (Wildman–Crippen LogP) is 2.91. The van der Waals surface area contributed by atoms with E-state index in [-0.39, 0.29) is 5.91 Å². The number of para-hydroxylation sites is 1. The number of aromatic nitrogens is 3. The summed E-state index contributed by atoms with van der Waals surface area (Å²) in [5, 5.41) is 4.41. The summed E-state index contributed by atoms with van der Waals surface area (Å²) in [6, 6.07) is 14.5. The second-order valence-electron chi connectivity index (χ2n) is 7.21. The summed E-state index contributed by atoms with van der Waals surface area (Å²) in [6.45, 7) is 7.35. The van der Waals surface area contributed by atoms with Crippen molar-refractivity contribution in [1.82, 2.24) is 19.7 Å². The summed E-state index contributed by atoms with van der Waals surface area (Å²) < 4.78 is 1.79. The largest absolute Gasteiger partial charge is 0.367 e. The SMILES string of the molecule is Cc1cc(C)n(CC(=O)N2CCN(c3ccccc3-c3ccncc3)CC2)n1. The smallest absolute Gasteiger partial charge is 0.244 e. The number of benzene rings is 1. The van der Waals surface area contributed by atoms with Crippen LogP contribution < -0.4 is 4.90 Å². The van der Waals surface area contributed by atoms with Crippen molar-refractivity contribution in [2.45, 2.75) is 20.4 Å². The zero-order valence-corrected chi connectivity index (χ0v) is 16.4. The van der Waals surface area contributed by atoms with Crippen LogP contribution >= 0.6 is 0 Å². The molecule has 6 heteroatoms. The number of pyridine rings is 1. The molecule has 1 aliphatic rings. The molecule has 2 aromatic heterocycles. The Labute approximate surface area is 165 Å². The molecule has 3 aromatic rings. The van der Waals surface area contributed by atoms with Gasteiger partial charge in [-0.3, -0.25) is 14.5 Å². The Morgan fingerprint density at radius 1 is 1.00 bits per heavy atom. The molecular formula is C22H25N5O. The third-order valence-electron chi connectivity index (χ3n) is 5.26. The van der Waals surface area contributed by atoms with Gasteiger partial charge in [-0.1, -0.05) is 18.2 Å². The number of carbonyl (C=O) groups is 1. The number of piperazine rings is 1. The number of anilines is 1. The molecule has 1 aliphatic heterocycles. The van der Waals surface area contributed by atoms with Crippen molar-refractivity contribution in [2.24, 2.45) is 0 Å². The highest BCUT2D eigenvalue weighted by Gasteiger charge is 2.23. The highest BCUT2D eigenvalue weighted by Crippen LogP contribution is 2.31. The lowest BCUT2D eigenvalue weighted by atomic mass is 10.0. The molecule has 0 radical (unpaired) electrons. The van der Waals surface area contributed by atoms with Gasteiger partial charge in [-0.25, -0.2) is 0 Å². The van der Waals surface area contributed by atoms with Crippen LogP contribution in [0.2, 0.25) is 0 Å². The van der Waals surface area contributed by atoms with Crippen molar-refractivity contribution >= 4 is 11.6 Å². The topological polar surface area (TPSA) is 54.3 Å². The third-order valence-corrected chi connectivity index (χ3v) is 5.26. The van der Waals surface area contributed by atoms with Gasteiger partial charge < -0.3 is 9.80 Å². The number of nitrogens with zero attached hydrogens (tertiary/aromatic N) is 5. The molecule has 4 rings (SSSR count). The lowest BCUT2D eigenvalue weighted by Gasteiger charge is -2.37. The van der Waals surface area contributed by atoms with E-state index in [1.165, 1.54) is 11.3 Å². The van der Waals surface area contributed by atoms with Gasteiger partial charge in [-0.2, -0.15) is 5.10 Å². The standard InChI is InChI=1S/C22H25N5O/c1-17-15-18(2)27(24-17)16-22(28)26-13-11-25(12-14-26)21-6-4-3-5-20(21)19-7-9-23-10-8-19/h3-10,15H,11-14,16H2,1-2H3. The third kappa shape index (κ3) is 3.76. The van der Waals surface area contributed by atoms with E-state index in [9.17, 15) is 4.79 Å². The van der Waals surface area contributed by atoms with Crippen molar-refractivity contribution in [1.29, 1.82) is 0 Å². The molecule has 0 unspecified atom stereocenters. The molecule has 3 heterocycles. The molecule has 144 valence electrons. The van der Waals surface area contributed by atoms with Gasteiger partial charge in [-0.05, 0) is 43.7 Å². The van der Waals surface area contributed by atoms with Crippen molar-refractivity contribution < 1.29 is 4.79 Å². The van der Waals surface area contributed by atoms with Gasteiger partial charge in [0.25, 0.3) is 0 Å². The minimum absolute atomic E-state index is 0.133. The summed E-state index contributed by atoms with van der Waals surface area (Å²) in [4.78, 5) is 21.1. The van der Waals surface area contributed by atoms with Crippen molar-refractivity contribution in [3.63, 3.8) is 0 Å². The van der Waals surface area contributed by atoms with E-state index >= 15 is 0 Å². The maximum atomic E-state index is 12.7. The first-order valence-corrected chi connectivity index (χ1v) is 9.65. The van der Waals surface area contributed by atoms with Crippen LogP contribution in [0.4, 0.5) is 5.69 Å². The first kappa shape index (κ1) is 18.2. The van der Waals surface area contributed by atoms with E-state index in [4.69, 9.17) is 0 Å². The first-order chi connectivity index (χ1) is 13.6. The Kier molecular flexibility index (Phi) is 5.10. The average molecular weight is 375 g/mol. The van der Waals surface area contributed by atoms with Gasteiger partial charge in [-0.15, -0.1) is 0 Å². The van der Waals surface area contributed by atoms with Crippen molar-refractivity contribution in [3.8, 4) is 11.1 Å². The lowest BCUT2D eigenvalue weighted by molar-refractivity contribution is -0.132. The summed E-state index contributed by atoms with van der Waals surface area (Å²) >= 11 is 0. The number of hydrogen-bond acceptors (Lipinski definition) is 4. The van der Waals surface area contributed by atoms with E-state index in [1.54, 1.807) is 4.68 Å². The van der Waals surface area contributed by atoms with Crippen molar-refractivity contribution in [2.75, 3.05) is 31.1 Å². The van der Waals surface area contributed by atoms with Gasteiger partial charge in [0.05, 0.1) is 5.69 Å². The predicted molar refractivity (Wildman–Crippen MR) is 110 cm³/mol. The van der Waals surface area contributed by atoms with E-state index in [0.717, 1.165) is 43.1 Å². The van der Waals surface area contributed by atoms with Gasteiger partial charge in [0.15, 0.2) is 0 Å². The molecule has 0 atom stereocenters. The first-order valence-electron chi connectivity index (χ1n) is 9.65.